The van der Waals surface area contributed by atoms with E-state index < -0.39 is 0 Å². The van der Waals surface area contributed by atoms with Crippen LogP contribution in [0, 0.1) is 0 Å². The zero-order chi connectivity index (χ0) is 17.9. The highest BCUT2D eigenvalue weighted by Gasteiger charge is 2.08. The summed E-state index contributed by atoms with van der Waals surface area (Å²) in [5.41, 5.74) is 10.7. The van der Waals surface area contributed by atoms with Crippen molar-refractivity contribution in [1.82, 2.24) is 20.3 Å². The van der Waals surface area contributed by atoms with Crippen LogP contribution < -0.4 is 11.1 Å². The molecule has 0 aliphatic rings. The van der Waals surface area contributed by atoms with Gasteiger partial charge >= 0.3 is 0 Å². The van der Waals surface area contributed by atoms with Crippen molar-refractivity contribution in [3.05, 3.63) is 78.1 Å². The number of nitrogen functional groups attached to an aromatic ring is 1. The minimum atomic E-state index is -0.135. The van der Waals surface area contributed by atoms with Crippen LogP contribution in [0.2, 0.25) is 0 Å². The molecule has 2 aromatic heterocycles. The third kappa shape index (κ3) is 3.25. The number of carbonyl (C=O) groups is 1. The molecule has 26 heavy (non-hydrogen) atoms. The van der Waals surface area contributed by atoms with Gasteiger partial charge in [-0.2, -0.15) is 0 Å². The molecule has 6 heteroatoms. The number of anilines is 1. The molecule has 0 spiro atoms. The lowest BCUT2D eigenvalue weighted by atomic mass is 10.0. The van der Waals surface area contributed by atoms with Crippen LogP contribution in [0.15, 0.2) is 66.9 Å². The molecule has 1 amide bonds. The Morgan fingerprint density at radius 2 is 1.92 bits per heavy atom. The minimum absolute atomic E-state index is 0.135. The first-order chi connectivity index (χ1) is 12.7. The van der Waals surface area contributed by atoms with Crippen LogP contribution in [0.5, 0.6) is 0 Å². The predicted octanol–water partition coefficient (Wildman–Crippen LogP) is 3.14. The molecular weight excluding hydrogens is 326 g/mol. The molecule has 0 unspecified atom stereocenters. The monoisotopic (exact) mass is 343 g/mol. The Hall–Kier alpha value is -3.67. The number of benzene rings is 2. The van der Waals surface area contributed by atoms with Gasteiger partial charge in [0.1, 0.15) is 0 Å². The van der Waals surface area contributed by atoms with Crippen LogP contribution >= 0.6 is 0 Å². The predicted molar refractivity (Wildman–Crippen MR) is 101 cm³/mol. The quantitative estimate of drug-likeness (QED) is 0.530. The Morgan fingerprint density at radius 3 is 2.77 bits per heavy atom. The Bertz CT molecular complexity index is 1070. The third-order valence-electron chi connectivity index (χ3n) is 4.11. The Morgan fingerprint density at radius 1 is 1.04 bits per heavy atom. The number of carbonyl (C=O) groups excluding carboxylic acids is 1. The summed E-state index contributed by atoms with van der Waals surface area (Å²) in [6, 6.07) is 19.0. The number of fused-ring (bicyclic) bond motifs is 1. The first kappa shape index (κ1) is 15.8. The van der Waals surface area contributed by atoms with Crippen LogP contribution in [-0.4, -0.2) is 20.9 Å². The van der Waals surface area contributed by atoms with E-state index in [1.54, 1.807) is 12.3 Å². The van der Waals surface area contributed by atoms with Crippen molar-refractivity contribution >= 4 is 22.9 Å². The van der Waals surface area contributed by atoms with Crippen LogP contribution in [0.25, 0.3) is 22.2 Å². The fourth-order valence-electron chi connectivity index (χ4n) is 2.82. The van der Waals surface area contributed by atoms with Gasteiger partial charge in [-0.25, -0.2) is 4.98 Å². The first-order valence-corrected chi connectivity index (χ1v) is 8.23. The second kappa shape index (κ2) is 6.68. The molecule has 2 aromatic carbocycles. The highest BCUT2D eigenvalue weighted by atomic mass is 16.1. The van der Waals surface area contributed by atoms with Gasteiger partial charge in [-0.15, -0.1) is 0 Å². The number of aromatic amines is 1. The third-order valence-corrected chi connectivity index (χ3v) is 4.11. The van der Waals surface area contributed by atoms with Gasteiger partial charge in [-0.3, -0.25) is 9.78 Å². The normalized spacial score (nSPS) is 10.8. The smallest absolute Gasteiger partial charge is 0.251 e. The fraction of sp³-hybridized carbons (Fsp3) is 0.0500. The molecule has 128 valence electrons. The number of nitrogens with one attached hydrogen (secondary N) is 2. The zero-order valence-electron chi connectivity index (χ0n) is 13.9. The van der Waals surface area contributed by atoms with E-state index in [4.69, 9.17) is 5.73 Å². The molecule has 0 saturated heterocycles. The molecule has 0 aliphatic carbocycles. The van der Waals surface area contributed by atoms with Gasteiger partial charge in [0, 0.05) is 11.8 Å². The van der Waals surface area contributed by atoms with Crippen molar-refractivity contribution in [2.45, 2.75) is 6.54 Å². The van der Waals surface area contributed by atoms with Gasteiger partial charge in [0.15, 0.2) is 5.95 Å². The molecule has 0 radical (unpaired) electrons. The molecule has 4 aromatic rings. The summed E-state index contributed by atoms with van der Waals surface area (Å²) < 4.78 is 0. The summed E-state index contributed by atoms with van der Waals surface area (Å²) in [7, 11) is 0. The van der Waals surface area contributed by atoms with Gasteiger partial charge in [0.25, 0.3) is 5.91 Å². The van der Waals surface area contributed by atoms with E-state index in [0.717, 1.165) is 27.9 Å². The van der Waals surface area contributed by atoms with Gasteiger partial charge in [0.05, 0.1) is 23.3 Å². The van der Waals surface area contributed by atoms with Gasteiger partial charge in [-0.1, -0.05) is 24.3 Å². The molecule has 0 atom stereocenters. The highest BCUT2D eigenvalue weighted by molar-refractivity contribution is 5.95. The lowest BCUT2D eigenvalue weighted by Crippen LogP contribution is -2.23. The number of hydrogen-bond donors (Lipinski definition) is 3. The summed E-state index contributed by atoms with van der Waals surface area (Å²) in [4.78, 5) is 23.9. The molecule has 0 saturated carbocycles. The van der Waals surface area contributed by atoms with Gasteiger partial charge in [-0.05, 0) is 47.5 Å². The van der Waals surface area contributed by atoms with Crippen molar-refractivity contribution in [3.8, 4) is 11.1 Å². The summed E-state index contributed by atoms with van der Waals surface area (Å²) in [6.45, 7) is 0.392. The number of hydrogen-bond acceptors (Lipinski definition) is 4. The number of imidazole rings is 1. The van der Waals surface area contributed by atoms with Crippen molar-refractivity contribution in [1.29, 1.82) is 0 Å². The van der Waals surface area contributed by atoms with Gasteiger partial charge in [0.2, 0.25) is 0 Å². The standard InChI is InChI=1S/C20H17N5O/c21-20-24-17-8-7-14(11-18(17)25-20)13-4-3-5-15(10-13)19(26)23-12-16-6-1-2-9-22-16/h1-11H,12H2,(H,23,26)(H3,21,24,25). The number of rotatable bonds is 4. The number of nitrogens with zero attached hydrogens (tertiary/aromatic N) is 2. The summed E-state index contributed by atoms with van der Waals surface area (Å²) in [5.74, 6) is 0.254. The molecule has 4 N–H and O–H groups in total. The largest absolute Gasteiger partial charge is 0.369 e. The molecule has 0 fully saturated rings. The summed E-state index contributed by atoms with van der Waals surface area (Å²) >= 11 is 0. The van der Waals surface area contributed by atoms with Crippen LogP contribution in [0.3, 0.4) is 0 Å². The van der Waals surface area contributed by atoms with Crippen LogP contribution in [0.1, 0.15) is 16.1 Å². The van der Waals surface area contributed by atoms with Crippen molar-refractivity contribution in [2.24, 2.45) is 0 Å². The first-order valence-electron chi connectivity index (χ1n) is 8.23. The molecule has 0 aliphatic heterocycles. The van der Waals surface area contributed by atoms with Gasteiger partial charge < -0.3 is 16.0 Å². The second-order valence-corrected chi connectivity index (χ2v) is 5.94. The fourth-order valence-corrected chi connectivity index (χ4v) is 2.82. The average molecular weight is 343 g/mol. The van der Waals surface area contributed by atoms with Crippen molar-refractivity contribution in [2.75, 3.05) is 5.73 Å². The maximum Gasteiger partial charge on any atom is 0.251 e. The van der Waals surface area contributed by atoms with Crippen molar-refractivity contribution < 1.29 is 4.79 Å². The number of aromatic nitrogens is 3. The van der Waals surface area contributed by atoms with E-state index >= 15 is 0 Å². The molecule has 4 rings (SSSR count). The summed E-state index contributed by atoms with van der Waals surface area (Å²) in [5, 5.41) is 2.89. The lowest BCUT2D eigenvalue weighted by Gasteiger charge is -2.07. The van der Waals surface area contributed by atoms with E-state index in [1.165, 1.54) is 0 Å². The van der Waals surface area contributed by atoms with Crippen LogP contribution in [-0.2, 0) is 6.54 Å². The SMILES string of the molecule is Nc1nc2ccc(-c3cccc(C(=O)NCc4ccccn4)c3)cc2[nH]1. The van der Waals surface area contributed by atoms with E-state index in [9.17, 15) is 4.79 Å². The van der Waals surface area contributed by atoms with Crippen molar-refractivity contribution in [3.63, 3.8) is 0 Å². The van der Waals surface area contributed by atoms with E-state index in [2.05, 4.69) is 20.3 Å². The van der Waals surface area contributed by atoms with E-state index in [-0.39, 0.29) is 5.91 Å². The maximum absolute atomic E-state index is 12.4. The summed E-state index contributed by atoms with van der Waals surface area (Å²) in [6.07, 6.45) is 1.71. The Balaban J connectivity index is 1.56. The second-order valence-electron chi connectivity index (χ2n) is 5.94. The van der Waals surface area contributed by atoms with E-state index in [0.29, 0.717) is 18.1 Å². The highest BCUT2D eigenvalue weighted by Crippen LogP contribution is 2.24. The molecule has 6 nitrogen and oxygen atoms in total. The number of amides is 1. The minimum Gasteiger partial charge on any atom is -0.369 e. The number of pyridine rings is 1. The topological polar surface area (TPSA) is 96.7 Å². The lowest BCUT2D eigenvalue weighted by molar-refractivity contribution is 0.0950. The van der Waals surface area contributed by atoms with E-state index in [1.807, 2.05) is 54.6 Å². The van der Waals surface area contributed by atoms with Crippen LogP contribution in [0.4, 0.5) is 5.95 Å². The zero-order valence-corrected chi connectivity index (χ0v) is 13.9. The Labute approximate surface area is 150 Å². The number of nitrogens with two attached hydrogens (primary N) is 1. The molecule has 0 bridgehead atoms. The maximum atomic E-state index is 12.4. The Kier molecular flexibility index (Phi) is 4.07. The molecular formula is C20H17N5O. The average Bonchev–Trinajstić information content (AvgIpc) is 3.06. The number of H-pyrrole nitrogens is 1. The molecule has 2 heterocycles.